The van der Waals surface area contributed by atoms with E-state index in [0.717, 1.165) is 11.3 Å². The minimum atomic E-state index is -0.530. The number of halogens is 1. The number of nitrogens with zero attached hydrogens (tertiary/aromatic N) is 6. The fourth-order valence-corrected chi connectivity index (χ4v) is 4.02. The second-order valence-corrected chi connectivity index (χ2v) is 9.17. The molecule has 0 aliphatic heterocycles. The summed E-state index contributed by atoms with van der Waals surface area (Å²) in [5.41, 5.74) is 8.78. The summed E-state index contributed by atoms with van der Waals surface area (Å²) in [5, 5.41) is 20.0. The van der Waals surface area contributed by atoms with Gasteiger partial charge in [0, 0.05) is 16.3 Å². The lowest BCUT2D eigenvalue weighted by Crippen LogP contribution is -2.34. The van der Waals surface area contributed by atoms with E-state index in [-0.39, 0.29) is 17.4 Å². The monoisotopic (exact) mass is 513 g/mol. The molecule has 0 spiro atoms. The van der Waals surface area contributed by atoms with Gasteiger partial charge in [0.2, 0.25) is 0 Å². The molecule has 0 saturated heterocycles. The first-order valence-corrected chi connectivity index (χ1v) is 12.0. The molecule has 3 aromatic heterocycles. The topological polar surface area (TPSA) is 136 Å². The van der Waals surface area contributed by atoms with Gasteiger partial charge in [-0.25, -0.2) is 9.97 Å². The predicted molar refractivity (Wildman–Crippen MR) is 142 cm³/mol. The van der Waals surface area contributed by atoms with E-state index < -0.39 is 11.9 Å². The summed E-state index contributed by atoms with van der Waals surface area (Å²) in [6, 6.07) is 19.9. The van der Waals surface area contributed by atoms with Crippen LogP contribution in [0, 0.1) is 5.92 Å². The van der Waals surface area contributed by atoms with Crippen LogP contribution in [0.15, 0.2) is 72.9 Å². The van der Waals surface area contributed by atoms with Crippen molar-refractivity contribution < 1.29 is 4.79 Å². The number of benzene rings is 2. The van der Waals surface area contributed by atoms with E-state index in [0.29, 0.717) is 28.0 Å². The van der Waals surface area contributed by atoms with Gasteiger partial charge < -0.3 is 16.4 Å². The van der Waals surface area contributed by atoms with Crippen molar-refractivity contribution in [1.82, 2.24) is 35.1 Å². The van der Waals surface area contributed by atoms with Gasteiger partial charge in [-0.15, -0.1) is 15.3 Å². The van der Waals surface area contributed by atoms with Crippen LogP contribution >= 0.6 is 11.6 Å². The number of carbonyl (C=O) groups is 1. The number of rotatable bonds is 7. The van der Waals surface area contributed by atoms with Crippen LogP contribution < -0.4 is 16.4 Å². The molecule has 2 aromatic carbocycles. The van der Waals surface area contributed by atoms with Crippen molar-refractivity contribution >= 4 is 40.5 Å². The number of carbonyl (C=O) groups excluding carboxylic acids is 1. The standard InChI is InChI=1S/C26H24ClN9O/c1-15(2)22(32-26(37)23-24(28)29-14-19(31-23)16-7-4-3-5-8-16)25-34-33-21-12-11-20(35-36(21)25)30-18-10-6-9-17(27)13-18/h3-15,22H,1-2H3,(H2,28,29)(H,30,35)(H,32,37)/t22-/m1/s1. The zero-order chi connectivity index (χ0) is 25.9. The highest BCUT2D eigenvalue weighted by Crippen LogP contribution is 2.24. The SMILES string of the molecule is CC(C)[C@@H](NC(=O)c1nc(-c2ccccc2)cnc1N)c1nnc2ccc(Nc3cccc(Cl)c3)nn12. The number of anilines is 3. The van der Waals surface area contributed by atoms with Gasteiger partial charge in [-0.3, -0.25) is 4.79 Å². The summed E-state index contributed by atoms with van der Waals surface area (Å²) in [4.78, 5) is 22.0. The van der Waals surface area contributed by atoms with Crippen molar-refractivity contribution in [3.05, 3.63) is 89.5 Å². The number of nitrogens with one attached hydrogen (secondary N) is 2. The van der Waals surface area contributed by atoms with Crippen LogP contribution in [0.3, 0.4) is 0 Å². The first-order chi connectivity index (χ1) is 17.9. The fourth-order valence-electron chi connectivity index (χ4n) is 3.83. The molecule has 37 heavy (non-hydrogen) atoms. The molecule has 5 rings (SSSR count). The first-order valence-electron chi connectivity index (χ1n) is 11.6. The van der Waals surface area contributed by atoms with Gasteiger partial charge >= 0.3 is 0 Å². The number of hydrogen-bond donors (Lipinski definition) is 3. The molecular formula is C26H24ClN9O. The van der Waals surface area contributed by atoms with Crippen molar-refractivity contribution in [2.24, 2.45) is 5.92 Å². The molecule has 1 amide bonds. The number of fused-ring (bicyclic) bond motifs is 1. The molecule has 0 aliphatic carbocycles. The molecular weight excluding hydrogens is 490 g/mol. The van der Waals surface area contributed by atoms with E-state index in [1.165, 1.54) is 0 Å². The summed E-state index contributed by atoms with van der Waals surface area (Å²) in [5.74, 6) is 0.562. The first kappa shape index (κ1) is 24.1. The highest BCUT2D eigenvalue weighted by Gasteiger charge is 2.27. The maximum atomic E-state index is 13.3. The summed E-state index contributed by atoms with van der Waals surface area (Å²) < 4.78 is 1.60. The molecule has 0 saturated carbocycles. The van der Waals surface area contributed by atoms with Crippen molar-refractivity contribution in [2.75, 3.05) is 11.1 Å². The highest BCUT2D eigenvalue weighted by atomic mass is 35.5. The summed E-state index contributed by atoms with van der Waals surface area (Å²) in [7, 11) is 0. The van der Waals surface area contributed by atoms with Gasteiger partial charge in [-0.05, 0) is 36.2 Å². The Morgan fingerprint density at radius 1 is 1.03 bits per heavy atom. The Balaban J connectivity index is 1.45. The zero-order valence-corrected chi connectivity index (χ0v) is 20.9. The van der Waals surface area contributed by atoms with E-state index in [1.807, 2.05) is 56.3 Å². The number of aromatic nitrogens is 6. The van der Waals surface area contributed by atoms with Gasteiger partial charge in [0.05, 0.1) is 17.9 Å². The molecule has 11 heteroatoms. The molecule has 0 bridgehead atoms. The summed E-state index contributed by atoms with van der Waals surface area (Å²) in [6.07, 6.45) is 1.55. The highest BCUT2D eigenvalue weighted by molar-refractivity contribution is 6.30. The lowest BCUT2D eigenvalue weighted by atomic mass is 10.0. The van der Waals surface area contributed by atoms with Crippen molar-refractivity contribution in [2.45, 2.75) is 19.9 Å². The number of amides is 1. The second-order valence-electron chi connectivity index (χ2n) is 8.73. The Hall–Kier alpha value is -4.57. The minimum Gasteiger partial charge on any atom is -0.382 e. The van der Waals surface area contributed by atoms with Crippen LogP contribution in [0.5, 0.6) is 0 Å². The molecule has 3 heterocycles. The van der Waals surface area contributed by atoms with Gasteiger partial charge in [0.15, 0.2) is 28.8 Å². The average Bonchev–Trinajstić information content (AvgIpc) is 3.30. The van der Waals surface area contributed by atoms with E-state index in [4.69, 9.17) is 17.3 Å². The van der Waals surface area contributed by atoms with E-state index in [9.17, 15) is 4.79 Å². The quantitative estimate of drug-likeness (QED) is 0.285. The molecule has 0 unspecified atom stereocenters. The predicted octanol–water partition coefficient (Wildman–Crippen LogP) is 4.69. The third-order valence-electron chi connectivity index (χ3n) is 5.70. The normalized spacial score (nSPS) is 12.0. The average molecular weight is 514 g/mol. The van der Waals surface area contributed by atoms with Gasteiger partial charge in [0.25, 0.3) is 5.91 Å². The van der Waals surface area contributed by atoms with Gasteiger partial charge in [0.1, 0.15) is 0 Å². The fraction of sp³-hybridized carbons (Fsp3) is 0.154. The van der Waals surface area contributed by atoms with E-state index in [1.54, 1.807) is 35.0 Å². The second kappa shape index (κ2) is 10.2. The van der Waals surface area contributed by atoms with Crippen LogP contribution in [0.1, 0.15) is 36.2 Å². The molecule has 0 fully saturated rings. The van der Waals surface area contributed by atoms with Gasteiger partial charge in [-0.1, -0.05) is 61.8 Å². The lowest BCUT2D eigenvalue weighted by Gasteiger charge is -2.21. The van der Waals surface area contributed by atoms with Crippen LogP contribution in [0.4, 0.5) is 17.3 Å². The van der Waals surface area contributed by atoms with E-state index >= 15 is 0 Å². The van der Waals surface area contributed by atoms with Crippen molar-refractivity contribution in [1.29, 1.82) is 0 Å². The third-order valence-corrected chi connectivity index (χ3v) is 5.94. The lowest BCUT2D eigenvalue weighted by molar-refractivity contribution is 0.0918. The van der Waals surface area contributed by atoms with Crippen molar-refractivity contribution in [3.63, 3.8) is 0 Å². The Morgan fingerprint density at radius 2 is 1.84 bits per heavy atom. The Bertz CT molecular complexity index is 1570. The molecule has 5 aromatic rings. The van der Waals surface area contributed by atoms with Crippen LogP contribution in [-0.4, -0.2) is 35.7 Å². The molecule has 4 N–H and O–H groups in total. The Morgan fingerprint density at radius 3 is 2.59 bits per heavy atom. The number of hydrogen-bond acceptors (Lipinski definition) is 8. The smallest absolute Gasteiger partial charge is 0.274 e. The summed E-state index contributed by atoms with van der Waals surface area (Å²) >= 11 is 6.10. The Labute approximate surface area is 217 Å². The summed E-state index contributed by atoms with van der Waals surface area (Å²) in [6.45, 7) is 3.94. The van der Waals surface area contributed by atoms with E-state index in [2.05, 4.69) is 35.9 Å². The number of nitrogen functional groups attached to an aromatic ring is 1. The molecule has 0 aliphatic rings. The maximum absolute atomic E-state index is 13.3. The molecule has 1 atom stereocenters. The Kier molecular flexibility index (Phi) is 6.65. The van der Waals surface area contributed by atoms with Gasteiger partial charge in [-0.2, -0.15) is 4.52 Å². The third kappa shape index (κ3) is 5.19. The maximum Gasteiger partial charge on any atom is 0.274 e. The van der Waals surface area contributed by atoms with Crippen LogP contribution in [-0.2, 0) is 0 Å². The number of nitrogens with two attached hydrogens (primary N) is 1. The molecule has 186 valence electrons. The van der Waals surface area contributed by atoms with Crippen LogP contribution in [0.25, 0.3) is 16.9 Å². The minimum absolute atomic E-state index is 0.0388. The molecule has 10 nitrogen and oxygen atoms in total. The largest absolute Gasteiger partial charge is 0.382 e. The van der Waals surface area contributed by atoms with Crippen LogP contribution in [0.2, 0.25) is 5.02 Å². The zero-order valence-electron chi connectivity index (χ0n) is 20.1. The van der Waals surface area contributed by atoms with Crippen molar-refractivity contribution in [3.8, 4) is 11.3 Å². The molecule has 0 radical (unpaired) electrons.